The lowest BCUT2D eigenvalue weighted by Gasteiger charge is -2.10. The van der Waals surface area contributed by atoms with Gasteiger partial charge in [-0.15, -0.1) is 0 Å². The van der Waals surface area contributed by atoms with Crippen LogP contribution in [0.25, 0.3) is 0 Å². The molecule has 17 heavy (non-hydrogen) atoms. The van der Waals surface area contributed by atoms with Crippen molar-refractivity contribution in [1.29, 1.82) is 0 Å². The molecule has 0 aliphatic heterocycles. The minimum atomic E-state index is -1.93. The highest BCUT2D eigenvalue weighted by molar-refractivity contribution is 5.69. The molecule has 0 aliphatic rings. The van der Waals surface area contributed by atoms with E-state index in [2.05, 4.69) is 0 Å². The highest BCUT2D eigenvalue weighted by Gasteiger charge is 2.27. The Balaban J connectivity index is 3.30. The van der Waals surface area contributed by atoms with Crippen molar-refractivity contribution in [2.75, 3.05) is 0 Å². The minimum Gasteiger partial charge on any atom is -0.503 e. The van der Waals surface area contributed by atoms with E-state index in [1.165, 1.54) is 0 Å². The Bertz CT molecular complexity index is 444. The zero-order chi connectivity index (χ0) is 13.3. The van der Waals surface area contributed by atoms with Gasteiger partial charge in [-0.2, -0.15) is 8.78 Å². The molecule has 1 atom stereocenters. The van der Waals surface area contributed by atoms with Crippen LogP contribution < -0.4 is 0 Å². The third-order valence-corrected chi connectivity index (χ3v) is 2.26. The smallest absolute Gasteiger partial charge is 0.306 e. The van der Waals surface area contributed by atoms with Crippen molar-refractivity contribution in [2.24, 2.45) is 5.92 Å². The summed E-state index contributed by atoms with van der Waals surface area (Å²) in [6.07, 6.45) is -0.721. The first-order chi connectivity index (χ1) is 7.77. The number of phenols is 1. The van der Waals surface area contributed by atoms with E-state index in [0.29, 0.717) is 0 Å². The van der Waals surface area contributed by atoms with E-state index < -0.39 is 52.9 Å². The molecule has 2 N–H and O–H groups in total. The zero-order valence-corrected chi connectivity index (χ0v) is 8.60. The summed E-state index contributed by atoms with van der Waals surface area (Å²) in [5.74, 6) is -11.8. The summed E-state index contributed by atoms with van der Waals surface area (Å²) in [4.78, 5) is 10.5. The number of aromatic hydroxyl groups is 1. The summed E-state index contributed by atoms with van der Waals surface area (Å²) in [6, 6.07) is 0. The molecular weight excluding hydrogens is 244 g/mol. The van der Waals surface area contributed by atoms with Crippen LogP contribution in [0.3, 0.4) is 0 Å². The van der Waals surface area contributed by atoms with Crippen molar-refractivity contribution in [3.63, 3.8) is 0 Å². The Morgan fingerprint density at radius 1 is 1.12 bits per heavy atom. The lowest BCUT2D eigenvalue weighted by Crippen LogP contribution is -2.15. The van der Waals surface area contributed by atoms with Gasteiger partial charge in [0.1, 0.15) is 0 Å². The van der Waals surface area contributed by atoms with Crippen molar-refractivity contribution in [3.8, 4) is 5.75 Å². The zero-order valence-electron chi connectivity index (χ0n) is 8.60. The van der Waals surface area contributed by atoms with Crippen molar-refractivity contribution >= 4 is 5.97 Å². The molecular formula is C10H8F4O3. The largest absolute Gasteiger partial charge is 0.503 e. The van der Waals surface area contributed by atoms with Crippen LogP contribution >= 0.6 is 0 Å². The number of hydrogen-bond acceptors (Lipinski definition) is 2. The van der Waals surface area contributed by atoms with Gasteiger partial charge in [-0.25, -0.2) is 8.78 Å². The third kappa shape index (κ3) is 2.32. The second kappa shape index (κ2) is 4.60. The van der Waals surface area contributed by atoms with E-state index >= 15 is 0 Å². The van der Waals surface area contributed by atoms with Crippen molar-refractivity contribution in [1.82, 2.24) is 0 Å². The maximum atomic E-state index is 13.2. The van der Waals surface area contributed by atoms with Crippen molar-refractivity contribution < 1.29 is 32.6 Å². The molecule has 3 nitrogen and oxygen atoms in total. The van der Waals surface area contributed by atoms with E-state index in [0.717, 1.165) is 6.92 Å². The lowest BCUT2D eigenvalue weighted by atomic mass is 9.99. The molecule has 0 radical (unpaired) electrons. The van der Waals surface area contributed by atoms with Crippen LogP contribution in [0.5, 0.6) is 5.75 Å². The molecule has 7 heteroatoms. The van der Waals surface area contributed by atoms with E-state index in [1.54, 1.807) is 0 Å². The molecule has 0 saturated carbocycles. The molecule has 0 amide bonds. The van der Waals surface area contributed by atoms with Crippen LogP contribution in [0.4, 0.5) is 17.6 Å². The number of hydrogen-bond donors (Lipinski definition) is 2. The molecule has 0 aliphatic carbocycles. The van der Waals surface area contributed by atoms with Crippen LogP contribution in [0.1, 0.15) is 12.5 Å². The Morgan fingerprint density at radius 3 is 1.88 bits per heavy atom. The fraction of sp³-hybridized carbons (Fsp3) is 0.300. The van der Waals surface area contributed by atoms with Crippen molar-refractivity contribution in [3.05, 3.63) is 28.8 Å². The second-order valence-electron chi connectivity index (χ2n) is 3.53. The molecule has 0 saturated heterocycles. The van der Waals surface area contributed by atoms with Gasteiger partial charge in [0, 0.05) is 5.56 Å². The maximum Gasteiger partial charge on any atom is 0.306 e. The molecule has 0 spiro atoms. The Kier molecular flexibility index (Phi) is 3.59. The maximum absolute atomic E-state index is 13.2. The summed E-state index contributed by atoms with van der Waals surface area (Å²) >= 11 is 0. The lowest BCUT2D eigenvalue weighted by molar-refractivity contribution is -0.141. The highest BCUT2D eigenvalue weighted by atomic mass is 19.2. The second-order valence-corrected chi connectivity index (χ2v) is 3.53. The van der Waals surface area contributed by atoms with Crippen LogP contribution in [0.15, 0.2) is 0 Å². The average molecular weight is 252 g/mol. The quantitative estimate of drug-likeness (QED) is 0.640. The first kappa shape index (κ1) is 13.3. The van der Waals surface area contributed by atoms with Gasteiger partial charge in [-0.05, 0) is 6.42 Å². The number of benzene rings is 1. The van der Waals surface area contributed by atoms with E-state index in [-0.39, 0.29) is 0 Å². The molecule has 94 valence electrons. The van der Waals surface area contributed by atoms with Crippen LogP contribution in [-0.4, -0.2) is 16.2 Å². The number of carboxylic acid groups (broad SMARTS) is 1. The number of rotatable bonds is 3. The number of halogens is 4. The van der Waals surface area contributed by atoms with Gasteiger partial charge in [-0.3, -0.25) is 4.79 Å². The van der Waals surface area contributed by atoms with E-state index in [4.69, 9.17) is 10.2 Å². The molecule has 1 rings (SSSR count). The Morgan fingerprint density at radius 2 is 1.53 bits per heavy atom. The van der Waals surface area contributed by atoms with Crippen LogP contribution in [-0.2, 0) is 11.2 Å². The fourth-order valence-electron chi connectivity index (χ4n) is 1.24. The standard InChI is InChI=1S/C10H8F4O3/c1-3(10(16)17)2-4-5(11)7(13)9(15)8(14)6(4)12/h3,15H,2H2,1H3,(H,16,17)/t3-/m0/s1. The number of aliphatic carboxylic acids is 1. The van der Waals surface area contributed by atoms with Gasteiger partial charge in [0.2, 0.25) is 11.6 Å². The van der Waals surface area contributed by atoms with Gasteiger partial charge in [0.25, 0.3) is 0 Å². The number of phenolic OH excluding ortho intramolecular Hbond substituents is 1. The van der Waals surface area contributed by atoms with Crippen molar-refractivity contribution in [2.45, 2.75) is 13.3 Å². The molecule has 0 unspecified atom stereocenters. The normalized spacial score (nSPS) is 12.5. The molecule has 0 bridgehead atoms. The first-order valence-electron chi connectivity index (χ1n) is 4.54. The summed E-state index contributed by atoms with van der Waals surface area (Å²) in [6.45, 7) is 1.13. The summed E-state index contributed by atoms with van der Waals surface area (Å²) < 4.78 is 52.2. The van der Waals surface area contributed by atoms with Gasteiger partial charge in [0.15, 0.2) is 17.4 Å². The predicted octanol–water partition coefficient (Wildman–Crippen LogP) is 2.21. The number of carbonyl (C=O) groups is 1. The monoisotopic (exact) mass is 252 g/mol. The summed E-state index contributed by atoms with van der Waals surface area (Å²) in [5, 5.41) is 17.2. The third-order valence-electron chi connectivity index (χ3n) is 2.26. The topological polar surface area (TPSA) is 57.5 Å². The summed E-state index contributed by atoms with van der Waals surface area (Å²) in [5.41, 5.74) is -1.03. The summed E-state index contributed by atoms with van der Waals surface area (Å²) in [7, 11) is 0. The van der Waals surface area contributed by atoms with Gasteiger partial charge >= 0.3 is 5.97 Å². The Hall–Kier alpha value is -1.79. The van der Waals surface area contributed by atoms with E-state index in [1.807, 2.05) is 0 Å². The predicted molar refractivity (Wildman–Crippen MR) is 48.4 cm³/mol. The molecule has 1 aromatic rings. The minimum absolute atomic E-state index is 0.721. The van der Waals surface area contributed by atoms with Crippen LogP contribution in [0, 0.1) is 29.2 Å². The molecule has 1 aromatic carbocycles. The van der Waals surface area contributed by atoms with Gasteiger partial charge in [-0.1, -0.05) is 6.92 Å². The Labute approximate surface area is 93.3 Å². The first-order valence-corrected chi connectivity index (χ1v) is 4.54. The average Bonchev–Trinajstić information content (AvgIpc) is 2.29. The van der Waals surface area contributed by atoms with Gasteiger partial charge in [0.05, 0.1) is 5.92 Å². The fourth-order valence-corrected chi connectivity index (χ4v) is 1.24. The number of carboxylic acids is 1. The highest BCUT2D eigenvalue weighted by Crippen LogP contribution is 2.30. The SMILES string of the molecule is C[C@@H](Cc1c(F)c(F)c(O)c(F)c1F)C(=O)O. The van der Waals surface area contributed by atoms with Gasteiger partial charge < -0.3 is 10.2 Å². The van der Waals surface area contributed by atoms with Crippen LogP contribution in [0.2, 0.25) is 0 Å². The van der Waals surface area contributed by atoms with E-state index in [9.17, 15) is 22.4 Å². The molecule has 0 aromatic heterocycles. The molecule has 0 fully saturated rings. The molecule has 0 heterocycles.